The third-order valence-electron chi connectivity index (χ3n) is 3.01. The molecule has 0 aliphatic carbocycles. The van der Waals surface area contributed by atoms with Crippen molar-refractivity contribution in [2.75, 3.05) is 18.1 Å². The zero-order chi connectivity index (χ0) is 15.4. The van der Waals surface area contributed by atoms with Crippen molar-refractivity contribution in [1.82, 2.24) is 0 Å². The molecule has 0 atom stereocenters. The minimum atomic E-state index is -0.216. The second-order valence-electron chi connectivity index (χ2n) is 4.45. The maximum Gasteiger partial charge on any atom is 0.198 e. The minimum absolute atomic E-state index is 0.216. The lowest BCUT2D eigenvalue weighted by Crippen LogP contribution is -2.08. The van der Waals surface area contributed by atoms with Crippen LogP contribution in [0.15, 0.2) is 41.4 Å². The maximum atomic E-state index is 12.6. The van der Waals surface area contributed by atoms with E-state index in [9.17, 15) is 4.79 Å². The molecule has 2 rings (SSSR count). The van der Waals surface area contributed by atoms with Crippen LogP contribution in [0, 0.1) is 0 Å². The molecule has 0 spiro atoms. The number of aliphatic imine (C=N–C) groups is 1. The molecule has 0 amide bonds. The number of nitrogens with two attached hydrogens (primary N) is 2. The number of nitrogens with zero attached hydrogens (tertiary/aromatic N) is 1. The van der Waals surface area contributed by atoms with E-state index in [1.54, 1.807) is 36.4 Å². The van der Waals surface area contributed by atoms with Gasteiger partial charge >= 0.3 is 0 Å². The summed E-state index contributed by atoms with van der Waals surface area (Å²) in [6.07, 6.45) is 0. The molecule has 0 radical (unpaired) electrons. The van der Waals surface area contributed by atoms with Crippen molar-refractivity contribution in [3.63, 3.8) is 0 Å². The molecular formula is C16H17N3O2. The van der Waals surface area contributed by atoms with Crippen molar-refractivity contribution >= 4 is 29.6 Å². The van der Waals surface area contributed by atoms with Crippen LogP contribution in [0.3, 0.4) is 0 Å². The van der Waals surface area contributed by atoms with Crippen molar-refractivity contribution < 1.29 is 9.53 Å². The lowest BCUT2D eigenvalue weighted by atomic mass is 10.00. The fourth-order valence-electron chi connectivity index (χ4n) is 2.00. The third kappa shape index (κ3) is 3.02. The summed E-state index contributed by atoms with van der Waals surface area (Å²) in [4.78, 5) is 16.4. The Balaban J connectivity index is 2.47. The summed E-state index contributed by atoms with van der Waals surface area (Å²) in [5, 5.41) is 0. The first-order valence-electron chi connectivity index (χ1n) is 6.50. The molecule has 108 valence electrons. The van der Waals surface area contributed by atoms with Gasteiger partial charge in [-0.2, -0.15) is 0 Å². The Morgan fingerprint density at radius 1 is 1.19 bits per heavy atom. The normalized spacial score (nSPS) is 10.1. The summed E-state index contributed by atoms with van der Waals surface area (Å²) in [6, 6.07) is 9.86. The van der Waals surface area contributed by atoms with Crippen LogP contribution in [0.2, 0.25) is 0 Å². The van der Waals surface area contributed by atoms with E-state index in [1.165, 1.54) is 0 Å². The molecule has 0 unspecified atom stereocenters. The summed E-state index contributed by atoms with van der Waals surface area (Å²) < 4.78 is 5.48. The highest BCUT2D eigenvalue weighted by Gasteiger charge is 2.17. The van der Waals surface area contributed by atoms with Crippen LogP contribution >= 0.6 is 0 Å². The number of rotatable bonds is 5. The van der Waals surface area contributed by atoms with E-state index in [4.69, 9.17) is 16.2 Å². The quantitative estimate of drug-likeness (QED) is 0.501. The summed E-state index contributed by atoms with van der Waals surface area (Å²) >= 11 is 0. The summed E-state index contributed by atoms with van der Waals surface area (Å²) in [5.74, 6) is 0.236. The van der Waals surface area contributed by atoms with Gasteiger partial charge in [0.1, 0.15) is 5.75 Å². The maximum absolute atomic E-state index is 12.6. The summed E-state index contributed by atoms with van der Waals surface area (Å²) in [7, 11) is 0. The highest BCUT2D eigenvalue weighted by atomic mass is 16.5. The van der Waals surface area contributed by atoms with Crippen LogP contribution < -0.4 is 16.2 Å². The Hall–Kier alpha value is -2.82. The van der Waals surface area contributed by atoms with Gasteiger partial charge in [0.05, 0.1) is 17.9 Å². The number of benzene rings is 2. The van der Waals surface area contributed by atoms with E-state index >= 15 is 0 Å². The van der Waals surface area contributed by atoms with Crippen molar-refractivity contribution in [2.24, 2.45) is 4.99 Å². The predicted octanol–water partition coefficient (Wildman–Crippen LogP) is 2.81. The molecule has 5 nitrogen and oxygen atoms in total. The second kappa shape index (κ2) is 6.09. The Kier molecular flexibility index (Phi) is 4.23. The predicted molar refractivity (Wildman–Crippen MR) is 85.5 cm³/mol. The number of ketones is 1. The van der Waals surface area contributed by atoms with Gasteiger partial charge in [-0.3, -0.25) is 9.79 Å². The zero-order valence-electron chi connectivity index (χ0n) is 11.8. The molecule has 4 N–H and O–H groups in total. The highest BCUT2D eigenvalue weighted by Crippen LogP contribution is 2.28. The van der Waals surface area contributed by atoms with Gasteiger partial charge in [-0.25, -0.2) is 0 Å². The van der Waals surface area contributed by atoms with Crippen LogP contribution in [0.4, 0.5) is 17.1 Å². The second-order valence-corrected chi connectivity index (χ2v) is 4.45. The molecule has 2 aromatic rings. The SMILES string of the molecule is C=Nc1ccc(C(=O)c2ccc(N)cc2OCC)c(N)c1. The number of hydrogen-bond donors (Lipinski definition) is 2. The fourth-order valence-corrected chi connectivity index (χ4v) is 2.00. The molecule has 0 aromatic heterocycles. The first-order valence-corrected chi connectivity index (χ1v) is 6.50. The first-order chi connectivity index (χ1) is 10.1. The smallest absolute Gasteiger partial charge is 0.198 e. The van der Waals surface area contributed by atoms with Crippen molar-refractivity contribution in [1.29, 1.82) is 0 Å². The Bertz CT molecular complexity index is 696. The number of anilines is 2. The molecule has 0 fully saturated rings. The monoisotopic (exact) mass is 283 g/mol. The molecule has 5 heteroatoms. The van der Waals surface area contributed by atoms with Gasteiger partial charge in [0.2, 0.25) is 0 Å². The average Bonchev–Trinajstić information content (AvgIpc) is 2.47. The lowest BCUT2D eigenvalue weighted by Gasteiger charge is -2.11. The van der Waals surface area contributed by atoms with Gasteiger partial charge in [0.15, 0.2) is 5.78 Å². The van der Waals surface area contributed by atoms with Crippen LogP contribution in [-0.2, 0) is 0 Å². The van der Waals surface area contributed by atoms with Crippen LogP contribution in [0.25, 0.3) is 0 Å². The summed E-state index contributed by atoms with van der Waals surface area (Å²) in [5.41, 5.74) is 14.0. The molecule has 0 saturated heterocycles. The molecular weight excluding hydrogens is 266 g/mol. The third-order valence-corrected chi connectivity index (χ3v) is 3.01. The molecule has 0 aliphatic heterocycles. The van der Waals surface area contributed by atoms with Gasteiger partial charge < -0.3 is 16.2 Å². The van der Waals surface area contributed by atoms with Crippen molar-refractivity contribution in [3.05, 3.63) is 47.5 Å². The molecule has 0 aliphatic rings. The Morgan fingerprint density at radius 2 is 1.90 bits per heavy atom. The fraction of sp³-hybridized carbons (Fsp3) is 0.125. The number of ether oxygens (including phenoxy) is 1. The van der Waals surface area contributed by atoms with E-state index in [1.807, 2.05) is 6.92 Å². The number of carbonyl (C=O) groups is 1. The number of carbonyl (C=O) groups excluding carboxylic acids is 1. The molecule has 0 saturated carbocycles. The summed E-state index contributed by atoms with van der Waals surface area (Å²) in [6.45, 7) is 5.72. The van der Waals surface area contributed by atoms with Crippen LogP contribution in [0.1, 0.15) is 22.8 Å². The number of nitrogen functional groups attached to an aromatic ring is 2. The highest BCUT2D eigenvalue weighted by molar-refractivity contribution is 6.14. The van der Waals surface area contributed by atoms with Gasteiger partial charge in [-0.1, -0.05) is 0 Å². The Morgan fingerprint density at radius 3 is 2.52 bits per heavy atom. The Labute approximate surface area is 123 Å². The van der Waals surface area contributed by atoms with Gasteiger partial charge in [-0.05, 0) is 44.0 Å². The molecule has 0 bridgehead atoms. The molecule has 21 heavy (non-hydrogen) atoms. The van der Waals surface area contributed by atoms with E-state index in [2.05, 4.69) is 11.7 Å². The van der Waals surface area contributed by atoms with E-state index in [0.29, 0.717) is 40.5 Å². The first kappa shape index (κ1) is 14.6. The average molecular weight is 283 g/mol. The van der Waals surface area contributed by atoms with Crippen LogP contribution in [-0.4, -0.2) is 19.1 Å². The standard InChI is InChI=1S/C16H17N3O2/c1-3-21-15-8-10(17)4-6-13(15)16(20)12-7-5-11(19-2)9-14(12)18/h4-9H,2-3,17-18H2,1H3. The van der Waals surface area contributed by atoms with Gasteiger partial charge in [-0.15, -0.1) is 0 Å². The molecule has 0 heterocycles. The van der Waals surface area contributed by atoms with E-state index in [-0.39, 0.29) is 5.78 Å². The van der Waals surface area contributed by atoms with Gasteiger partial charge in [0.25, 0.3) is 0 Å². The van der Waals surface area contributed by atoms with E-state index in [0.717, 1.165) is 0 Å². The van der Waals surface area contributed by atoms with Crippen molar-refractivity contribution in [3.8, 4) is 5.75 Å². The van der Waals surface area contributed by atoms with E-state index < -0.39 is 0 Å². The molecule has 2 aromatic carbocycles. The zero-order valence-corrected chi connectivity index (χ0v) is 11.8. The number of hydrogen-bond acceptors (Lipinski definition) is 5. The lowest BCUT2D eigenvalue weighted by molar-refractivity contribution is 0.103. The minimum Gasteiger partial charge on any atom is -0.493 e. The van der Waals surface area contributed by atoms with Gasteiger partial charge in [0, 0.05) is 23.0 Å². The largest absolute Gasteiger partial charge is 0.493 e. The van der Waals surface area contributed by atoms with Crippen molar-refractivity contribution in [2.45, 2.75) is 6.92 Å². The topological polar surface area (TPSA) is 90.7 Å². The van der Waals surface area contributed by atoms with Crippen LogP contribution in [0.5, 0.6) is 5.75 Å².